The number of anilines is 1. The quantitative estimate of drug-likeness (QED) is 0.690. The van der Waals surface area contributed by atoms with Crippen LogP contribution in [0.3, 0.4) is 0 Å². The van der Waals surface area contributed by atoms with Gasteiger partial charge in [0.2, 0.25) is 15.9 Å². The molecule has 0 unspecified atom stereocenters. The largest absolute Gasteiger partial charge is 0.492 e. The molecule has 1 saturated carbocycles. The Balaban J connectivity index is 1.48. The highest BCUT2D eigenvalue weighted by atomic mass is 32.2. The molecule has 2 saturated heterocycles. The van der Waals surface area contributed by atoms with E-state index in [1.54, 1.807) is 18.2 Å². The lowest BCUT2D eigenvalue weighted by Gasteiger charge is -2.43. The highest BCUT2D eigenvalue weighted by Gasteiger charge is 2.34. The molecule has 8 heteroatoms. The van der Waals surface area contributed by atoms with Gasteiger partial charge in [-0.2, -0.15) is 4.31 Å². The minimum Gasteiger partial charge on any atom is -0.492 e. The molecule has 1 aromatic carbocycles. The van der Waals surface area contributed by atoms with Crippen molar-refractivity contribution in [3.05, 3.63) is 18.2 Å². The molecule has 3 fully saturated rings. The molecule has 2 atom stereocenters. The molecule has 172 valence electrons. The van der Waals surface area contributed by atoms with Crippen molar-refractivity contribution in [1.29, 1.82) is 0 Å². The predicted octanol–water partition coefficient (Wildman–Crippen LogP) is 3.46. The van der Waals surface area contributed by atoms with Crippen LogP contribution in [0.5, 0.6) is 5.75 Å². The zero-order valence-electron chi connectivity index (χ0n) is 18.5. The molecule has 2 heterocycles. The predicted molar refractivity (Wildman–Crippen MR) is 121 cm³/mol. The number of benzene rings is 1. The summed E-state index contributed by atoms with van der Waals surface area (Å²) in [5.74, 6) is 0.978. The molecule has 1 N–H and O–H groups in total. The number of sulfonamides is 1. The van der Waals surface area contributed by atoms with Gasteiger partial charge in [0.25, 0.3) is 0 Å². The molecular formula is C23H35N3O4S. The number of nitrogens with zero attached hydrogens (tertiary/aromatic N) is 2. The molecule has 1 amide bonds. The van der Waals surface area contributed by atoms with Crippen LogP contribution in [-0.2, 0) is 14.8 Å². The standard InChI is InChI=1S/C23H35N3O4S/c1-2-30-21-12-11-19(16-22(21)31(28,29)26-14-5-6-15-26)24-23(27)17-25-13-7-9-18-8-3-4-10-20(18)25/h11-12,16,18,20H,2-10,13-15,17H2,1H3,(H,24,27)/t18-,20+/m1/s1. The van der Waals surface area contributed by atoms with Gasteiger partial charge in [-0.05, 0) is 76.1 Å². The summed E-state index contributed by atoms with van der Waals surface area (Å²) in [7, 11) is -3.65. The lowest BCUT2D eigenvalue weighted by Crippen LogP contribution is -2.49. The fourth-order valence-electron chi connectivity index (χ4n) is 5.44. The van der Waals surface area contributed by atoms with E-state index in [-0.39, 0.29) is 10.8 Å². The van der Waals surface area contributed by atoms with Crippen molar-refractivity contribution in [3.8, 4) is 5.75 Å². The number of hydrogen-bond acceptors (Lipinski definition) is 5. The maximum Gasteiger partial charge on any atom is 0.246 e. The summed E-state index contributed by atoms with van der Waals surface area (Å²) in [6, 6.07) is 5.45. The van der Waals surface area contributed by atoms with Crippen molar-refractivity contribution in [2.75, 3.05) is 38.1 Å². The van der Waals surface area contributed by atoms with Gasteiger partial charge in [0.05, 0.1) is 13.2 Å². The third-order valence-electron chi connectivity index (χ3n) is 6.92. The number of piperidine rings is 1. The van der Waals surface area contributed by atoms with Crippen molar-refractivity contribution in [2.24, 2.45) is 5.92 Å². The number of rotatable bonds is 7. The van der Waals surface area contributed by atoms with Gasteiger partial charge in [0.15, 0.2) is 0 Å². The van der Waals surface area contributed by atoms with Crippen LogP contribution in [0, 0.1) is 5.92 Å². The van der Waals surface area contributed by atoms with E-state index in [2.05, 4.69) is 10.2 Å². The topological polar surface area (TPSA) is 79.0 Å². The minimum absolute atomic E-state index is 0.0834. The summed E-state index contributed by atoms with van der Waals surface area (Å²) in [5.41, 5.74) is 0.503. The van der Waals surface area contributed by atoms with E-state index in [1.165, 1.54) is 36.4 Å². The molecular weight excluding hydrogens is 414 g/mol. The van der Waals surface area contributed by atoms with Gasteiger partial charge in [-0.3, -0.25) is 9.69 Å². The summed E-state index contributed by atoms with van der Waals surface area (Å²) in [6.07, 6.45) is 9.18. The average Bonchev–Trinajstić information content (AvgIpc) is 3.31. The normalized spacial score (nSPS) is 25.2. The summed E-state index contributed by atoms with van der Waals surface area (Å²) in [4.78, 5) is 15.3. The Morgan fingerprint density at radius 3 is 2.58 bits per heavy atom. The maximum atomic E-state index is 13.2. The van der Waals surface area contributed by atoms with Crippen LogP contribution in [0.1, 0.15) is 58.3 Å². The monoisotopic (exact) mass is 449 g/mol. The Hall–Kier alpha value is -1.64. The number of likely N-dealkylation sites (tertiary alicyclic amines) is 1. The summed E-state index contributed by atoms with van der Waals surface area (Å²) >= 11 is 0. The number of carbonyl (C=O) groups is 1. The van der Waals surface area contributed by atoms with Gasteiger partial charge >= 0.3 is 0 Å². The number of nitrogens with one attached hydrogen (secondary N) is 1. The molecule has 0 spiro atoms. The van der Waals surface area contributed by atoms with E-state index >= 15 is 0 Å². The fraction of sp³-hybridized carbons (Fsp3) is 0.696. The first-order valence-electron chi connectivity index (χ1n) is 11.8. The van der Waals surface area contributed by atoms with E-state index in [1.807, 2.05) is 6.92 Å². The van der Waals surface area contributed by atoms with Crippen molar-refractivity contribution in [3.63, 3.8) is 0 Å². The van der Waals surface area contributed by atoms with E-state index in [4.69, 9.17) is 4.74 Å². The lowest BCUT2D eigenvalue weighted by atomic mass is 9.78. The van der Waals surface area contributed by atoms with Gasteiger partial charge in [-0.1, -0.05) is 12.8 Å². The van der Waals surface area contributed by atoms with Crippen LogP contribution in [0.15, 0.2) is 23.1 Å². The van der Waals surface area contributed by atoms with Gasteiger partial charge < -0.3 is 10.1 Å². The van der Waals surface area contributed by atoms with Gasteiger partial charge in [-0.15, -0.1) is 0 Å². The Kier molecular flexibility index (Phi) is 7.19. The fourth-order valence-corrected chi connectivity index (χ4v) is 7.11. The molecule has 2 aliphatic heterocycles. The first-order valence-corrected chi connectivity index (χ1v) is 13.2. The second-order valence-corrected chi connectivity index (χ2v) is 10.9. The minimum atomic E-state index is -3.65. The molecule has 31 heavy (non-hydrogen) atoms. The Bertz CT molecular complexity index is 881. The van der Waals surface area contributed by atoms with Crippen molar-refractivity contribution in [2.45, 2.75) is 69.2 Å². The van der Waals surface area contributed by atoms with E-state index in [0.29, 0.717) is 43.7 Å². The maximum absolute atomic E-state index is 13.2. The van der Waals surface area contributed by atoms with E-state index < -0.39 is 10.0 Å². The highest BCUT2D eigenvalue weighted by Crippen LogP contribution is 2.35. The first kappa shape index (κ1) is 22.6. The molecule has 7 nitrogen and oxygen atoms in total. The number of amides is 1. The van der Waals surface area contributed by atoms with Crippen LogP contribution in [0.2, 0.25) is 0 Å². The van der Waals surface area contributed by atoms with Crippen LogP contribution < -0.4 is 10.1 Å². The lowest BCUT2D eigenvalue weighted by molar-refractivity contribution is -0.118. The molecule has 0 radical (unpaired) electrons. The molecule has 3 aliphatic rings. The highest BCUT2D eigenvalue weighted by molar-refractivity contribution is 7.89. The number of hydrogen-bond donors (Lipinski definition) is 1. The van der Waals surface area contributed by atoms with Crippen molar-refractivity contribution < 1.29 is 17.9 Å². The zero-order valence-corrected chi connectivity index (χ0v) is 19.3. The van der Waals surface area contributed by atoms with Crippen LogP contribution in [-0.4, -0.2) is 62.4 Å². The average molecular weight is 450 g/mol. The van der Waals surface area contributed by atoms with E-state index in [9.17, 15) is 13.2 Å². The van der Waals surface area contributed by atoms with Gasteiger partial charge in [-0.25, -0.2) is 8.42 Å². The summed E-state index contributed by atoms with van der Waals surface area (Å²) < 4.78 is 33.4. The first-order chi connectivity index (χ1) is 15.0. The third kappa shape index (κ3) is 5.07. The second-order valence-electron chi connectivity index (χ2n) is 8.98. The molecule has 0 aromatic heterocycles. The smallest absolute Gasteiger partial charge is 0.246 e. The molecule has 4 rings (SSSR count). The number of carbonyl (C=O) groups excluding carboxylic acids is 1. The number of fused-ring (bicyclic) bond motifs is 1. The van der Waals surface area contributed by atoms with Crippen molar-refractivity contribution >= 4 is 21.6 Å². The Morgan fingerprint density at radius 2 is 1.81 bits per heavy atom. The molecule has 1 aliphatic carbocycles. The second kappa shape index (κ2) is 9.88. The van der Waals surface area contributed by atoms with E-state index in [0.717, 1.165) is 31.7 Å². The van der Waals surface area contributed by atoms with Crippen molar-refractivity contribution in [1.82, 2.24) is 9.21 Å². The van der Waals surface area contributed by atoms with Gasteiger partial charge in [0, 0.05) is 24.8 Å². The summed E-state index contributed by atoms with van der Waals surface area (Å²) in [5, 5.41) is 2.94. The Labute approximate surface area is 186 Å². The molecule has 0 bridgehead atoms. The molecule has 1 aromatic rings. The third-order valence-corrected chi connectivity index (χ3v) is 8.83. The number of ether oxygens (including phenoxy) is 1. The zero-order chi connectivity index (χ0) is 21.8. The van der Waals surface area contributed by atoms with Gasteiger partial charge in [0.1, 0.15) is 10.6 Å². The van der Waals surface area contributed by atoms with Crippen LogP contribution in [0.4, 0.5) is 5.69 Å². The van der Waals surface area contributed by atoms with Crippen LogP contribution >= 0.6 is 0 Å². The van der Waals surface area contributed by atoms with Crippen LogP contribution in [0.25, 0.3) is 0 Å². The SMILES string of the molecule is CCOc1ccc(NC(=O)CN2CCC[C@H]3CCCC[C@@H]32)cc1S(=O)(=O)N1CCCC1. The summed E-state index contributed by atoms with van der Waals surface area (Å²) in [6.45, 7) is 4.60. The Morgan fingerprint density at radius 1 is 1.06 bits per heavy atom.